The molecule has 6 heteroatoms. The molecule has 84 valence electrons. The molecule has 16 heavy (non-hydrogen) atoms. The molecule has 0 saturated heterocycles. The lowest BCUT2D eigenvalue weighted by Gasteiger charge is -2.15. The zero-order valence-corrected chi connectivity index (χ0v) is 13.1. The second-order valence-corrected chi connectivity index (χ2v) is 6.85. The first-order valence-corrected chi connectivity index (χ1v) is 7.32. The van der Waals surface area contributed by atoms with Crippen LogP contribution in [-0.4, -0.2) is 17.0 Å². The minimum atomic E-state index is 0.753. The van der Waals surface area contributed by atoms with Gasteiger partial charge in [-0.25, -0.2) is 9.97 Å². The van der Waals surface area contributed by atoms with E-state index in [4.69, 9.17) is 0 Å². The number of rotatable bonds is 3. The highest BCUT2D eigenvalue weighted by molar-refractivity contribution is 14.1. The SMILES string of the molecule is CN(Cc1csc(Br)c1)c1ncc(I)cn1. The number of halogens is 2. The van der Waals surface area contributed by atoms with E-state index in [2.05, 4.69) is 59.9 Å². The van der Waals surface area contributed by atoms with Gasteiger partial charge in [-0.1, -0.05) is 0 Å². The van der Waals surface area contributed by atoms with Crippen LogP contribution in [0, 0.1) is 3.57 Å². The molecule has 0 radical (unpaired) electrons. The molecule has 2 rings (SSSR count). The van der Waals surface area contributed by atoms with Crippen molar-refractivity contribution in [2.45, 2.75) is 6.54 Å². The van der Waals surface area contributed by atoms with Crippen molar-refractivity contribution < 1.29 is 0 Å². The van der Waals surface area contributed by atoms with Crippen LogP contribution < -0.4 is 4.90 Å². The molecule has 0 unspecified atom stereocenters. The Bertz CT molecular complexity index is 471. The van der Waals surface area contributed by atoms with Crippen LogP contribution in [0.2, 0.25) is 0 Å². The first-order chi connectivity index (χ1) is 7.65. The first kappa shape index (κ1) is 12.3. The predicted octanol–water partition coefficient (Wildman–Crippen LogP) is 3.54. The van der Waals surface area contributed by atoms with Crippen molar-refractivity contribution in [3.63, 3.8) is 0 Å². The summed E-state index contributed by atoms with van der Waals surface area (Å²) in [5.41, 5.74) is 1.27. The molecular weight excluding hydrogens is 401 g/mol. The summed E-state index contributed by atoms with van der Waals surface area (Å²) >= 11 is 7.35. The Balaban J connectivity index is 2.08. The van der Waals surface area contributed by atoms with E-state index < -0.39 is 0 Å². The number of nitrogens with zero attached hydrogens (tertiary/aromatic N) is 3. The fourth-order valence-corrected chi connectivity index (χ4v) is 2.75. The molecule has 0 bridgehead atoms. The number of hydrogen-bond acceptors (Lipinski definition) is 4. The second-order valence-electron chi connectivity index (χ2n) is 3.32. The van der Waals surface area contributed by atoms with Crippen molar-refractivity contribution in [1.82, 2.24) is 9.97 Å². The van der Waals surface area contributed by atoms with Gasteiger partial charge in [-0.05, 0) is 55.5 Å². The van der Waals surface area contributed by atoms with Crippen molar-refractivity contribution in [3.8, 4) is 0 Å². The van der Waals surface area contributed by atoms with E-state index in [-0.39, 0.29) is 0 Å². The molecule has 0 amide bonds. The highest BCUT2D eigenvalue weighted by Gasteiger charge is 2.06. The maximum Gasteiger partial charge on any atom is 0.225 e. The van der Waals surface area contributed by atoms with E-state index in [0.29, 0.717) is 0 Å². The molecule has 0 aliphatic carbocycles. The third-order valence-corrected chi connectivity index (χ3v) is 4.10. The van der Waals surface area contributed by atoms with Crippen molar-refractivity contribution in [1.29, 1.82) is 0 Å². The zero-order valence-electron chi connectivity index (χ0n) is 8.52. The average molecular weight is 410 g/mol. The summed E-state index contributed by atoms with van der Waals surface area (Å²) in [5.74, 6) is 0.753. The van der Waals surface area contributed by atoms with Crippen LogP contribution >= 0.6 is 49.9 Å². The van der Waals surface area contributed by atoms with E-state index in [1.165, 1.54) is 5.56 Å². The van der Waals surface area contributed by atoms with E-state index in [0.717, 1.165) is 19.8 Å². The Morgan fingerprint density at radius 1 is 1.44 bits per heavy atom. The topological polar surface area (TPSA) is 29.0 Å². The molecule has 0 fully saturated rings. The molecule has 0 saturated carbocycles. The number of hydrogen-bond donors (Lipinski definition) is 0. The molecule has 0 spiro atoms. The van der Waals surface area contributed by atoms with E-state index >= 15 is 0 Å². The lowest BCUT2D eigenvalue weighted by molar-refractivity contribution is 0.867. The van der Waals surface area contributed by atoms with Crippen LogP contribution in [-0.2, 0) is 6.54 Å². The second kappa shape index (κ2) is 5.42. The van der Waals surface area contributed by atoms with Crippen LogP contribution in [0.5, 0.6) is 0 Å². The van der Waals surface area contributed by atoms with E-state index in [1.807, 2.05) is 24.3 Å². The van der Waals surface area contributed by atoms with Crippen molar-refractivity contribution in [2.24, 2.45) is 0 Å². The summed E-state index contributed by atoms with van der Waals surface area (Å²) in [6.45, 7) is 0.822. The Morgan fingerprint density at radius 3 is 2.69 bits per heavy atom. The Labute approximate surface area is 120 Å². The van der Waals surface area contributed by atoms with Gasteiger partial charge >= 0.3 is 0 Å². The largest absolute Gasteiger partial charge is 0.340 e. The van der Waals surface area contributed by atoms with Crippen LogP contribution in [0.15, 0.2) is 27.6 Å². The molecule has 0 aromatic carbocycles. The molecular formula is C10H9BrIN3S. The van der Waals surface area contributed by atoms with Crippen molar-refractivity contribution in [3.05, 3.63) is 36.8 Å². The normalized spacial score (nSPS) is 10.4. The standard InChI is InChI=1S/C10H9BrIN3S/c1-15(5-7-2-9(11)16-6-7)10-13-3-8(12)4-14-10/h2-4,6H,5H2,1H3. The molecule has 0 aliphatic rings. The van der Waals surface area contributed by atoms with Gasteiger partial charge in [-0.3, -0.25) is 0 Å². The fraction of sp³-hybridized carbons (Fsp3) is 0.200. The Kier molecular flexibility index (Phi) is 4.15. The molecule has 2 aromatic heterocycles. The number of anilines is 1. The van der Waals surface area contributed by atoms with Gasteiger partial charge in [0, 0.05) is 29.6 Å². The minimum absolute atomic E-state index is 0.753. The lowest BCUT2D eigenvalue weighted by Crippen LogP contribution is -2.18. The highest BCUT2D eigenvalue weighted by Crippen LogP contribution is 2.22. The van der Waals surface area contributed by atoms with Gasteiger partial charge in [-0.15, -0.1) is 11.3 Å². The third kappa shape index (κ3) is 3.14. The Hall–Kier alpha value is -0.210. The van der Waals surface area contributed by atoms with Gasteiger partial charge in [0.15, 0.2) is 0 Å². The number of aromatic nitrogens is 2. The predicted molar refractivity (Wildman–Crippen MR) is 78.9 cm³/mol. The molecule has 3 nitrogen and oxygen atoms in total. The first-order valence-electron chi connectivity index (χ1n) is 4.57. The lowest BCUT2D eigenvalue weighted by atomic mass is 10.3. The zero-order chi connectivity index (χ0) is 11.5. The fourth-order valence-electron chi connectivity index (χ4n) is 1.28. The molecule has 2 aromatic rings. The van der Waals surface area contributed by atoms with Gasteiger partial charge in [0.1, 0.15) is 0 Å². The highest BCUT2D eigenvalue weighted by atomic mass is 127. The monoisotopic (exact) mass is 409 g/mol. The number of thiophene rings is 1. The summed E-state index contributed by atoms with van der Waals surface area (Å²) in [7, 11) is 1.99. The van der Waals surface area contributed by atoms with Gasteiger partial charge in [0.05, 0.1) is 3.79 Å². The summed E-state index contributed by atoms with van der Waals surface area (Å²) in [5, 5.41) is 2.13. The average Bonchev–Trinajstić information content (AvgIpc) is 2.65. The van der Waals surface area contributed by atoms with E-state index in [1.54, 1.807) is 11.3 Å². The smallest absolute Gasteiger partial charge is 0.225 e. The molecule has 0 N–H and O–H groups in total. The molecule has 0 atom stereocenters. The van der Waals surface area contributed by atoms with Crippen LogP contribution in [0.1, 0.15) is 5.56 Å². The van der Waals surface area contributed by atoms with E-state index in [9.17, 15) is 0 Å². The van der Waals surface area contributed by atoms with Crippen molar-refractivity contribution >= 4 is 55.8 Å². The van der Waals surface area contributed by atoms with Gasteiger partial charge < -0.3 is 4.90 Å². The Morgan fingerprint density at radius 2 is 2.12 bits per heavy atom. The summed E-state index contributed by atoms with van der Waals surface area (Å²) in [6.07, 6.45) is 3.64. The van der Waals surface area contributed by atoms with Gasteiger partial charge in [-0.2, -0.15) is 0 Å². The third-order valence-electron chi connectivity index (χ3n) is 1.99. The van der Waals surface area contributed by atoms with Gasteiger partial charge in [0.2, 0.25) is 5.95 Å². The minimum Gasteiger partial charge on any atom is -0.340 e. The maximum atomic E-state index is 4.28. The van der Waals surface area contributed by atoms with Gasteiger partial charge in [0.25, 0.3) is 0 Å². The van der Waals surface area contributed by atoms with Crippen LogP contribution in [0.4, 0.5) is 5.95 Å². The summed E-state index contributed by atoms with van der Waals surface area (Å²) in [6, 6.07) is 2.12. The quantitative estimate of drug-likeness (QED) is 0.726. The summed E-state index contributed by atoms with van der Waals surface area (Å²) < 4.78 is 2.20. The molecule has 2 heterocycles. The summed E-state index contributed by atoms with van der Waals surface area (Å²) in [4.78, 5) is 10.6. The van der Waals surface area contributed by atoms with Crippen LogP contribution in [0.3, 0.4) is 0 Å². The van der Waals surface area contributed by atoms with Crippen molar-refractivity contribution in [2.75, 3.05) is 11.9 Å². The van der Waals surface area contributed by atoms with Crippen LogP contribution in [0.25, 0.3) is 0 Å². The maximum absolute atomic E-state index is 4.28. The molecule has 0 aliphatic heterocycles.